The molecule has 0 aromatic carbocycles. The van der Waals surface area contributed by atoms with Crippen molar-refractivity contribution in [1.29, 1.82) is 0 Å². The first-order valence-corrected chi connectivity index (χ1v) is 30.6. The molecule has 8 atom stereocenters. The molecule has 1 aliphatic heterocycles. The summed E-state index contributed by atoms with van der Waals surface area (Å²) in [6.45, 7) is 5.48. The molecule has 6 N–H and O–H groups in total. The highest BCUT2D eigenvalue weighted by Gasteiger charge is 2.47. The number of esters is 1. The van der Waals surface area contributed by atoms with Crippen molar-refractivity contribution in [2.24, 2.45) is 0 Å². The molecule has 8 unspecified atom stereocenters. The van der Waals surface area contributed by atoms with Crippen LogP contribution in [0.5, 0.6) is 0 Å². The summed E-state index contributed by atoms with van der Waals surface area (Å²) in [5.74, 6) is -1.29. The predicted molar refractivity (Wildman–Crippen MR) is 328 cm³/mol. The van der Waals surface area contributed by atoms with E-state index in [1.54, 1.807) is 6.08 Å². The molecule has 0 bridgehead atoms. The molecule has 446 valence electrons. The zero-order valence-corrected chi connectivity index (χ0v) is 49.2. The molecular formula is C68H109NO10. The molecule has 1 aliphatic rings. The van der Waals surface area contributed by atoms with E-state index in [0.717, 1.165) is 122 Å². The maximum absolute atomic E-state index is 13.4. The van der Waals surface area contributed by atoms with E-state index in [4.69, 9.17) is 14.2 Å². The van der Waals surface area contributed by atoms with Gasteiger partial charge in [0.15, 0.2) is 12.4 Å². The number of hydrogen-bond acceptors (Lipinski definition) is 10. The highest BCUT2D eigenvalue weighted by atomic mass is 16.7. The molecule has 1 rings (SSSR count). The van der Waals surface area contributed by atoms with Crippen LogP contribution in [0.3, 0.4) is 0 Å². The summed E-state index contributed by atoms with van der Waals surface area (Å²) >= 11 is 0. The van der Waals surface area contributed by atoms with Crippen molar-refractivity contribution < 1.29 is 49.3 Å². The Morgan fingerprint density at radius 2 is 0.911 bits per heavy atom. The van der Waals surface area contributed by atoms with Crippen LogP contribution in [-0.4, -0.2) is 99.6 Å². The number of nitrogens with one attached hydrogen (secondary N) is 1. The van der Waals surface area contributed by atoms with Crippen LogP contribution in [0.15, 0.2) is 146 Å². The molecule has 79 heavy (non-hydrogen) atoms. The number of hydrogen-bond donors (Lipinski definition) is 6. The van der Waals surface area contributed by atoms with Gasteiger partial charge in [-0.2, -0.15) is 0 Å². The topological polar surface area (TPSA) is 175 Å². The highest BCUT2D eigenvalue weighted by molar-refractivity contribution is 5.80. The number of amides is 1. The van der Waals surface area contributed by atoms with E-state index in [0.29, 0.717) is 12.8 Å². The maximum Gasteiger partial charge on any atom is 0.306 e. The van der Waals surface area contributed by atoms with Crippen LogP contribution in [0.2, 0.25) is 0 Å². The minimum Gasteiger partial charge on any atom is -0.454 e. The van der Waals surface area contributed by atoms with Gasteiger partial charge < -0.3 is 45.1 Å². The Hall–Kier alpha value is -4.46. The van der Waals surface area contributed by atoms with E-state index in [1.165, 1.54) is 38.5 Å². The second-order valence-electron chi connectivity index (χ2n) is 20.3. The largest absolute Gasteiger partial charge is 0.454 e. The minimum atomic E-state index is -1.65. The first-order valence-electron chi connectivity index (χ1n) is 30.6. The Morgan fingerprint density at radius 1 is 0.506 bits per heavy atom. The molecular weight excluding hydrogens is 991 g/mol. The maximum atomic E-state index is 13.4. The summed E-state index contributed by atoms with van der Waals surface area (Å²) in [4.78, 5) is 26.5. The summed E-state index contributed by atoms with van der Waals surface area (Å²) < 4.78 is 17.5. The normalized spacial score (nSPS) is 19.9. The number of allylic oxidation sites excluding steroid dienone is 23. The van der Waals surface area contributed by atoms with E-state index >= 15 is 0 Å². The summed E-state index contributed by atoms with van der Waals surface area (Å²) in [5, 5.41) is 56.9. The van der Waals surface area contributed by atoms with Crippen LogP contribution >= 0.6 is 0 Å². The van der Waals surface area contributed by atoms with E-state index in [9.17, 15) is 35.1 Å². The average molecular weight is 1100 g/mol. The van der Waals surface area contributed by atoms with E-state index in [1.807, 2.05) is 6.08 Å². The van der Waals surface area contributed by atoms with Gasteiger partial charge >= 0.3 is 5.97 Å². The van der Waals surface area contributed by atoms with Crippen LogP contribution in [0, 0.1) is 0 Å². The number of ether oxygens (including phenoxy) is 3. The van der Waals surface area contributed by atoms with Crippen molar-refractivity contribution >= 4 is 11.9 Å². The monoisotopic (exact) mass is 1100 g/mol. The number of carbonyl (C=O) groups excluding carboxylic acids is 2. The highest BCUT2D eigenvalue weighted by Crippen LogP contribution is 2.26. The van der Waals surface area contributed by atoms with Crippen LogP contribution in [0.25, 0.3) is 0 Å². The first-order chi connectivity index (χ1) is 38.7. The van der Waals surface area contributed by atoms with Gasteiger partial charge in [-0.05, 0) is 122 Å². The fourth-order valence-electron chi connectivity index (χ4n) is 8.44. The molecule has 0 spiro atoms. The molecule has 0 radical (unpaired) electrons. The van der Waals surface area contributed by atoms with Gasteiger partial charge in [0, 0.05) is 6.42 Å². The van der Waals surface area contributed by atoms with Gasteiger partial charge in [-0.3, -0.25) is 9.59 Å². The summed E-state index contributed by atoms with van der Waals surface area (Å²) in [5.41, 5.74) is 0. The number of rotatable bonds is 49. The van der Waals surface area contributed by atoms with E-state index in [2.05, 4.69) is 160 Å². The van der Waals surface area contributed by atoms with Gasteiger partial charge in [0.25, 0.3) is 0 Å². The molecule has 11 nitrogen and oxygen atoms in total. The third-order valence-electron chi connectivity index (χ3n) is 13.2. The number of unbranched alkanes of at least 4 members (excludes halogenated alkanes) is 13. The zero-order chi connectivity index (χ0) is 57.5. The summed E-state index contributed by atoms with van der Waals surface area (Å²) in [6, 6.07) is -1.06. The molecule has 0 aromatic rings. The smallest absolute Gasteiger partial charge is 0.306 e. The lowest BCUT2D eigenvalue weighted by atomic mass is 9.99. The van der Waals surface area contributed by atoms with Gasteiger partial charge in [0.05, 0.1) is 25.4 Å². The number of aliphatic hydroxyl groups is 5. The van der Waals surface area contributed by atoms with Crippen LogP contribution in [0.4, 0.5) is 0 Å². The van der Waals surface area contributed by atoms with E-state index < -0.39 is 67.4 Å². The van der Waals surface area contributed by atoms with Crippen LogP contribution < -0.4 is 5.32 Å². The van der Waals surface area contributed by atoms with Gasteiger partial charge in [0.1, 0.15) is 24.4 Å². The molecule has 0 aromatic heterocycles. The van der Waals surface area contributed by atoms with Crippen molar-refractivity contribution in [1.82, 2.24) is 5.32 Å². The predicted octanol–water partition coefficient (Wildman–Crippen LogP) is 14.6. The fraction of sp³-hybridized carbons (Fsp3) is 0.618. The van der Waals surface area contributed by atoms with Gasteiger partial charge in [0.2, 0.25) is 5.91 Å². The first kappa shape index (κ1) is 72.6. The standard InChI is InChI=1S/C68H109NO10/c1-4-7-10-13-16-19-22-24-26-28-30-31-32-34-36-38-41-44-47-50-53-56-63(73)79-66-65(75)64(74)62(57-70)78-68(66)77-58-59(60(71)54-51-48-45-42-39-21-18-15-12-9-6-3)69-67(76)61(72)55-52-49-46-43-40-37-35-33-29-27-25-23-20-17-14-11-8-5-2/h7-8,10-11,16-17,19-20,24-27,30-31,33-36,40-41,43-44,51,54,59-62,64-66,68,70-72,74-75H,4-6,9,12-15,18,21-23,28-29,32,37-39,42,45-50,52-53,55-58H2,1-3H3,(H,69,76)/b10-7-,11-8-,19-16-,20-17-,26-24-,27-25-,31-30-,35-33-,36-34-,43-40-,44-41-,54-51+. The Bertz CT molecular complexity index is 1840. The average Bonchev–Trinajstić information content (AvgIpc) is 3.47. The van der Waals surface area contributed by atoms with E-state index in [-0.39, 0.29) is 19.4 Å². The lowest BCUT2D eigenvalue weighted by Gasteiger charge is -2.41. The van der Waals surface area contributed by atoms with Crippen molar-refractivity contribution in [3.8, 4) is 0 Å². The van der Waals surface area contributed by atoms with Gasteiger partial charge in [-0.25, -0.2) is 0 Å². The lowest BCUT2D eigenvalue weighted by molar-refractivity contribution is -0.305. The fourth-order valence-corrected chi connectivity index (χ4v) is 8.44. The quantitative estimate of drug-likeness (QED) is 0.0195. The Kier molecular flexibility index (Phi) is 49.7. The molecule has 1 fully saturated rings. The second-order valence-corrected chi connectivity index (χ2v) is 20.3. The number of carbonyl (C=O) groups is 2. The zero-order valence-electron chi connectivity index (χ0n) is 49.2. The van der Waals surface area contributed by atoms with Crippen molar-refractivity contribution in [3.05, 3.63) is 146 Å². The number of aliphatic hydroxyl groups excluding tert-OH is 5. The molecule has 1 heterocycles. The van der Waals surface area contributed by atoms with Crippen LogP contribution in [-0.2, 0) is 23.8 Å². The van der Waals surface area contributed by atoms with Crippen molar-refractivity contribution in [3.63, 3.8) is 0 Å². The molecule has 1 amide bonds. The molecule has 0 aliphatic carbocycles. The van der Waals surface area contributed by atoms with Crippen molar-refractivity contribution in [2.45, 2.75) is 256 Å². The minimum absolute atomic E-state index is 0.0550. The van der Waals surface area contributed by atoms with Crippen LogP contribution in [0.1, 0.15) is 207 Å². The SMILES string of the molecule is CC/C=C\C/C=C\C/C=C\C/C=C\C/C=C\C/C=C\CCCCC(=O)OC1C(OCC(NC(=O)C(O)CCCC/C=C\C/C=C\C/C=C\C/C=C\C/C=C\CC)C(O)/C=C/CCCCCCCCCCC)OC(CO)C(O)C1O. The lowest BCUT2D eigenvalue weighted by Crippen LogP contribution is -2.61. The van der Waals surface area contributed by atoms with Gasteiger partial charge in [-0.1, -0.05) is 224 Å². The summed E-state index contributed by atoms with van der Waals surface area (Å²) in [6.07, 6.45) is 67.4. The third kappa shape index (κ3) is 42.1. The van der Waals surface area contributed by atoms with Gasteiger partial charge in [-0.15, -0.1) is 0 Å². The molecule has 11 heteroatoms. The Morgan fingerprint density at radius 3 is 1.37 bits per heavy atom. The second kappa shape index (κ2) is 54.1. The summed E-state index contributed by atoms with van der Waals surface area (Å²) in [7, 11) is 0. The Labute approximate surface area is 479 Å². The van der Waals surface area contributed by atoms with Crippen molar-refractivity contribution in [2.75, 3.05) is 13.2 Å². The molecule has 1 saturated heterocycles. The Balaban J connectivity index is 2.74. The molecule has 0 saturated carbocycles. The third-order valence-corrected chi connectivity index (χ3v) is 13.2.